The Bertz CT molecular complexity index is 492. The molecule has 0 saturated carbocycles. The minimum atomic E-state index is -0.738. The van der Waals surface area contributed by atoms with Gasteiger partial charge >= 0.3 is 5.97 Å². The Morgan fingerprint density at radius 2 is 2.12 bits per heavy atom. The molecule has 2 rings (SSSR count). The molecule has 0 bridgehead atoms. The predicted molar refractivity (Wildman–Crippen MR) is 86.1 cm³/mol. The molecule has 0 aliphatic carbocycles. The Morgan fingerprint density at radius 3 is 2.75 bits per heavy atom. The van der Waals surface area contributed by atoms with Crippen molar-refractivity contribution in [3.05, 3.63) is 10.4 Å². The van der Waals surface area contributed by atoms with Crippen LogP contribution in [0.5, 0.6) is 0 Å². The molecule has 2 fully saturated rings. The summed E-state index contributed by atoms with van der Waals surface area (Å²) >= 11 is 0. The number of hydrogen-bond donors (Lipinski definition) is 0. The number of unbranched alkanes of at least 4 members (excludes halogenated alkanes) is 1. The van der Waals surface area contributed by atoms with Gasteiger partial charge in [0.25, 0.3) is 0 Å². The van der Waals surface area contributed by atoms with E-state index in [4.69, 9.17) is 24.5 Å². The summed E-state index contributed by atoms with van der Waals surface area (Å²) in [5, 5.41) is 3.61. The molecule has 0 aromatic rings. The molecule has 5 atom stereocenters. The lowest BCUT2D eigenvalue weighted by Crippen LogP contribution is -2.33. The highest BCUT2D eigenvalue weighted by Gasteiger charge is 2.57. The summed E-state index contributed by atoms with van der Waals surface area (Å²) in [6.45, 7) is 5.98. The fraction of sp³-hybridized carbons (Fsp3) is 0.938. The van der Waals surface area contributed by atoms with Crippen molar-refractivity contribution in [3.8, 4) is 0 Å². The number of carbonyl (C=O) groups is 1. The van der Waals surface area contributed by atoms with Crippen LogP contribution in [-0.4, -0.2) is 49.8 Å². The van der Waals surface area contributed by atoms with Crippen molar-refractivity contribution in [1.82, 2.24) is 0 Å². The Kier molecular flexibility index (Phi) is 6.46. The van der Waals surface area contributed by atoms with E-state index in [0.29, 0.717) is 6.42 Å². The van der Waals surface area contributed by atoms with Crippen LogP contribution in [0.25, 0.3) is 10.4 Å². The number of epoxide rings is 1. The molecule has 2 heterocycles. The Labute approximate surface area is 142 Å². The van der Waals surface area contributed by atoms with Gasteiger partial charge in [-0.25, -0.2) is 0 Å². The quantitative estimate of drug-likeness (QED) is 0.211. The summed E-state index contributed by atoms with van der Waals surface area (Å²) in [7, 11) is 1.40. The second-order valence-corrected chi connectivity index (χ2v) is 6.80. The van der Waals surface area contributed by atoms with Crippen LogP contribution >= 0.6 is 0 Å². The summed E-state index contributed by atoms with van der Waals surface area (Å²) in [6.07, 6.45) is 2.52. The van der Waals surface area contributed by atoms with Gasteiger partial charge in [0.2, 0.25) is 0 Å². The van der Waals surface area contributed by atoms with Crippen LogP contribution in [0, 0.1) is 5.92 Å². The molecule has 8 nitrogen and oxygen atoms in total. The summed E-state index contributed by atoms with van der Waals surface area (Å²) in [6, 6.07) is 0. The van der Waals surface area contributed by atoms with Gasteiger partial charge in [-0.3, -0.25) is 4.79 Å². The minimum absolute atomic E-state index is 0.0493. The van der Waals surface area contributed by atoms with Gasteiger partial charge in [0, 0.05) is 4.91 Å². The third-order valence-electron chi connectivity index (χ3n) is 4.48. The van der Waals surface area contributed by atoms with Crippen LogP contribution in [0.4, 0.5) is 0 Å². The molecule has 0 aromatic heterocycles. The average Bonchev–Trinajstić information content (AvgIpc) is 3.27. The van der Waals surface area contributed by atoms with Gasteiger partial charge in [-0.05, 0) is 31.7 Å². The number of carbonyl (C=O) groups excluding carboxylic acids is 1. The van der Waals surface area contributed by atoms with Crippen LogP contribution < -0.4 is 0 Å². The first-order valence-corrected chi connectivity index (χ1v) is 8.50. The highest BCUT2D eigenvalue weighted by Crippen LogP contribution is 2.43. The standard InChI is InChI=1S/C16H27N3O5/c1-5-6-7-10(8-12(20)21-4)13-15(22-13)14-11(9-18-19-17)23-16(2,3)24-14/h10-11,13-15H,5-9H2,1-4H3/t10-,11-,13-,14-,15+/m1/s1. The van der Waals surface area contributed by atoms with Crippen LogP contribution in [0.2, 0.25) is 0 Å². The molecule has 0 unspecified atom stereocenters. The summed E-state index contributed by atoms with van der Waals surface area (Å²) in [4.78, 5) is 14.5. The van der Waals surface area contributed by atoms with E-state index in [0.717, 1.165) is 19.3 Å². The number of methoxy groups -OCH3 is 1. The Hall–Kier alpha value is -1.34. The van der Waals surface area contributed by atoms with Crippen molar-refractivity contribution in [2.45, 2.75) is 76.7 Å². The molecule has 2 aliphatic heterocycles. The zero-order valence-corrected chi connectivity index (χ0v) is 14.8. The fourth-order valence-electron chi connectivity index (χ4n) is 3.33. The predicted octanol–water partition coefficient (Wildman–Crippen LogP) is 2.95. The SMILES string of the molecule is CCCC[C@H](CC(=O)OC)[C@H]1O[C@@H]1[C@@H]1OC(C)(C)O[C@@H]1CN=[N+]=[N-]. The molecular weight excluding hydrogens is 314 g/mol. The van der Waals surface area contributed by atoms with Crippen molar-refractivity contribution in [2.24, 2.45) is 11.0 Å². The summed E-state index contributed by atoms with van der Waals surface area (Å²) in [5.74, 6) is -0.854. The third-order valence-corrected chi connectivity index (χ3v) is 4.48. The maximum atomic E-state index is 11.7. The fourth-order valence-corrected chi connectivity index (χ4v) is 3.33. The number of nitrogens with zero attached hydrogens (tertiary/aromatic N) is 3. The Balaban J connectivity index is 2.01. The third kappa shape index (κ3) is 4.83. The zero-order valence-electron chi connectivity index (χ0n) is 14.8. The smallest absolute Gasteiger partial charge is 0.305 e. The second kappa shape index (κ2) is 8.16. The number of azide groups is 1. The molecule has 24 heavy (non-hydrogen) atoms. The van der Waals surface area contributed by atoms with Crippen LogP contribution in [0.15, 0.2) is 5.11 Å². The molecule has 2 saturated heterocycles. The summed E-state index contributed by atoms with van der Waals surface area (Å²) in [5.41, 5.74) is 8.54. The van der Waals surface area contributed by atoms with Gasteiger partial charge in [-0.1, -0.05) is 24.9 Å². The maximum Gasteiger partial charge on any atom is 0.305 e. The lowest BCUT2D eigenvalue weighted by Gasteiger charge is -2.17. The number of hydrogen-bond acceptors (Lipinski definition) is 6. The lowest BCUT2D eigenvalue weighted by molar-refractivity contribution is -0.147. The monoisotopic (exact) mass is 341 g/mol. The second-order valence-electron chi connectivity index (χ2n) is 6.80. The zero-order chi connectivity index (χ0) is 17.7. The van der Waals surface area contributed by atoms with E-state index in [1.807, 2.05) is 13.8 Å². The van der Waals surface area contributed by atoms with E-state index in [1.54, 1.807) is 0 Å². The van der Waals surface area contributed by atoms with Gasteiger partial charge in [0.15, 0.2) is 5.79 Å². The highest BCUT2D eigenvalue weighted by atomic mass is 16.8. The molecule has 0 aromatic carbocycles. The number of ether oxygens (including phenoxy) is 4. The van der Waals surface area contributed by atoms with Crippen LogP contribution in [-0.2, 0) is 23.7 Å². The summed E-state index contributed by atoms with van der Waals surface area (Å²) < 4.78 is 22.4. The van der Waals surface area contributed by atoms with Crippen molar-refractivity contribution in [2.75, 3.05) is 13.7 Å². The largest absolute Gasteiger partial charge is 0.469 e. The van der Waals surface area contributed by atoms with Crippen molar-refractivity contribution in [3.63, 3.8) is 0 Å². The van der Waals surface area contributed by atoms with E-state index in [9.17, 15) is 4.79 Å². The Morgan fingerprint density at radius 1 is 1.38 bits per heavy atom. The van der Waals surface area contributed by atoms with E-state index >= 15 is 0 Å². The van der Waals surface area contributed by atoms with Gasteiger partial charge in [-0.2, -0.15) is 0 Å². The van der Waals surface area contributed by atoms with Gasteiger partial charge in [-0.15, -0.1) is 0 Å². The van der Waals surface area contributed by atoms with Gasteiger partial charge < -0.3 is 18.9 Å². The van der Waals surface area contributed by atoms with Crippen molar-refractivity contribution in [1.29, 1.82) is 0 Å². The molecule has 0 spiro atoms. The van der Waals surface area contributed by atoms with Crippen molar-refractivity contribution < 1.29 is 23.7 Å². The number of rotatable bonds is 9. The van der Waals surface area contributed by atoms with Crippen LogP contribution in [0.1, 0.15) is 46.5 Å². The molecule has 0 amide bonds. The van der Waals surface area contributed by atoms with Crippen molar-refractivity contribution >= 4 is 5.97 Å². The minimum Gasteiger partial charge on any atom is -0.469 e. The molecule has 0 radical (unpaired) electrons. The average molecular weight is 341 g/mol. The van der Waals surface area contributed by atoms with E-state index < -0.39 is 5.79 Å². The van der Waals surface area contributed by atoms with E-state index in [1.165, 1.54) is 7.11 Å². The molecule has 136 valence electrons. The number of esters is 1. The van der Waals surface area contributed by atoms with Gasteiger partial charge in [0.05, 0.1) is 32.3 Å². The molecule has 2 aliphatic rings. The first kappa shape index (κ1) is 19.0. The van der Waals surface area contributed by atoms with E-state index in [2.05, 4.69) is 16.9 Å². The molecule has 0 N–H and O–H groups in total. The normalized spacial score (nSPS) is 32.0. The van der Waals surface area contributed by atoms with E-state index in [-0.39, 0.29) is 42.8 Å². The molecular formula is C16H27N3O5. The first-order chi connectivity index (χ1) is 11.4. The maximum absolute atomic E-state index is 11.7. The topological polar surface area (TPSA) is 106 Å². The first-order valence-electron chi connectivity index (χ1n) is 8.50. The van der Waals surface area contributed by atoms with Gasteiger partial charge in [0.1, 0.15) is 12.2 Å². The molecule has 8 heteroatoms. The van der Waals surface area contributed by atoms with Crippen LogP contribution in [0.3, 0.4) is 0 Å². The lowest BCUT2D eigenvalue weighted by atomic mass is 9.91. The highest BCUT2D eigenvalue weighted by molar-refractivity contribution is 5.69.